The number of hydrogen-bond acceptors (Lipinski definition) is 5. The van der Waals surface area contributed by atoms with E-state index in [1.54, 1.807) is 6.92 Å². The minimum Gasteiger partial charge on any atom is -0.469 e. The lowest BCUT2D eigenvalue weighted by molar-refractivity contribution is -0.147. The molecule has 0 spiro atoms. The standard InChI is InChI=1S/C11H13F3N2O3S/c1-7-15-8(5-20-7)10(18)16(6-11(12,13)14)4-3-9(17)19-2/h5H,3-4,6H2,1-2H3. The Bertz CT molecular complexity index is 488. The summed E-state index contributed by atoms with van der Waals surface area (Å²) in [4.78, 5) is 27.3. The molecule has 0 saturated carbocycles. The number of ether oxygens (including phenoxy) is 1. The van der Waals surface area contributed by atoms with E-state index < -0.39 is 24.6 Å². The van der Waals surface area contributed by atoms with Gasteiger partial charge < -0.3 is 9.64 Å². The molecule has 0 N–H and O–H groups in total. The summed E-state index contributed by atoms with van der Waals surface area (Å²) >= 11 is 1.17. The maximum absolute atomic E-state index is 12.5. The number of carbonyl (C=O) groups is 2. The molecule has 112 valence electrons. The SMILES string of the molecule is COC(=O)CCN(CC(F)(F)F)C(=O)c1csc(C)n1. The molecule has 0 bridgehead atoms. The van der Waals surface area contributed by atoms with Crippen LogP contribution in [0.4, 0.5) is 13.2 Å². The molecule has 9 heteroatoms. The highest BCUT2D eigenvalue weighted by Crippen LogP contribution is 2.19. The summed E-state index contributed by atoms with van der Waals surface area (Å²) in [6.45, 7) is -0.162. The third-order valence-corrected chi connectivity index (χ3v) is 3.08. The van der Waals surface area contributed by atoms with Crippen LogP contribution in [-0.4, -0.2) is 48.1 Å². The summed E-state index contributed by atoms with van der Waals surface area (Å²) in [7, 11) is 1.13. The van der Waals surface area contributed by atoms with Crippen molar-refractivity contribution in [2.24, 2.45) is 0 Å². The molecule has 1 heterocycles. The van der Waals surface area contributed by atoms with Gasteiger partial charge in [0.2, 0.25) is 0 Å². The number of aryl methyl sites for hydroxylation is 1. The van der Waals surface area contributed by atoms with E-state index in [1.807, 2.05) is 0 Å². The van der Waals surface area contributed by atoms with Crippen LogP contribution in [0, 0.1) is 6.92 Å². The topological polar surface area (TPSA) is 59.5 Å². The third kappa shape index (κ3) is 5.16. The van der Waals surface area contributed by atoms with Crippen molar-refractivity contribution in [3.8, 4) is 0 Å². The van der Waals surface area contributed by atoms with Crippen molar-refractivity contribution in [3.63, 3.8) is 0 Å². The Labute approximate surface area is 117 Å². The van der Waals surface area contributed by atoms with Crippen molar-refractivity contribution in [3.05, 3.63) is 16.1 Å². The number of halogens is 3. The molecule has 0 saturated heterocycles. The number of alkyl halides is 3. The van der Waals surface area contributed by atoms with E-state index in [0.717, 1.165) is 7.11 Å². The predicted octanol–water partition coefficient (Wildman–Crippen LogP) is 2.02. The average molecular weight is 310 g/mol. The molecule has 0 aromatic carbocycles. The molecule has 0 aliphatic heterocycles. The van der Waals surface area contributed by atoms with Gasteiger partial charge in [-0.05, 0) is 6.92 Å². The van der Waals surface area contributed by atoms with E-state index in [1.165, 1.54) is 16.7 Å². The van der Waals surface area contributed by atoms with Crippen molar-refractivity contribution >= 4 is 23.2 Å². The molecule has 0 atom stereocenters. The van der Waals surface area contributed by atoms with Gasteiger partial charge in [0.25, 0.3) is 5.91 Å². The predicted molar refractivity (Wildman–Crippen MR) is 65.4 cm³/mol. The van der Waals surface area contributed by atoms with E-state index in [0.29, 0.717) is 9.91 Å². The Hall–Kier alpha value is -1.64. The second-order valence-electron chi connectivity index (χ2n) is 3.92. The lowest BCUT2D eigenvalue weighted by atomic mass is 10.3. The van der Waals surface area contributed by atoms with Crippen LogP contribution in [0.15, 0.2) is 5.38 Å². The van der Waals surface area contributed by atoms with Crippen molar-refractivity contribution < 1.29 is 27.5 Å². The monoisotopic (exact) mass is 310 g/mol. The smallest absolute Gasteiger partial charge is 0.406 e. The van der Waals surface area contributed by atoms with E-state index in [9.17, 15) is 22.8 Å². The summed E-state index contributed by atoms with van der Waals surface area (Å²) in [5.41, 5.74) is -0.0541. The minimum atomic E-state index is -4.54. The van der Waals surface area contributed by atoms with Gasteiger partial charge in [-0.1, -0.05) is 0 Å². The largest absolute Gasteiger partial charge is 0.469 e. The second kappa shape index (κ2) is 6.69. The van der Waals surface area contributed by atoms with Gasteiger partial charge in [0, 0.05) is 11.9 Å². The first-order valence-corrected chi connectivity index (χ1v) is 6.46. The molecule has 1 amide bonds. The van der Waals surface area contributed by atoms with Crippen molar-refractivity contribution in [1.29, 1.82) is 0 Å². The number of aromatic nitrogens is 1. The maximum Gasteiger partial charge on any atom is 0.406 e. The van der Waals surface area contributed by atoms with Crippen LogP contribution in [0.5, 0.6) is 0 Å². The van der Waals surface area contributed by atoms with Gasteiger partial charge in [-0.3, -0.25) is 9.59 Å². The number of carbonyl (C=O) groups excluding carboxylic acids is 2. The number of methoxy groups -OCH3 is 1. The van der Waals surface area contributed by atoms with Gasteiger partial charge in [-0.25, -0.2) is 4.98 Å². The Morgan fingerprint density at radius 3 is 2.55 bits per heavy atom. The number of amides is 1. The van der Waals surface area contributed by atoms with E-state index in [-0.39, 0.29) is 18.7 Å². The average Bonchev–Trinajstić information content (AvgIpc) is 2.78. The fraction of sp³-hybridized carbons (Fsp3) is 0.545. The van der Waals surface area contributed by atoms with Crippen LogP contribution in [0.2, 0.25) is 0 Å². The van der Waals surface area contributed by atoms with Crippen LogP contribution in [-0.2, 0) is 9.53 Å². The van der Waals surface area contributed by atoms with Crippen LogP contribution in [0.1, 0.15) is 21.9 Å². The first-order valence-electron chi connectivity index (χ1n) is 5.58. The fourth-order valence-corrected chi connectivity index (χ4v) is 2.01. The number of rotatable bonds is 5. The Balaban J connectivity index is 2.80. The zero-order valence-electron chi connectivity index (χ0n) is 10.9. The first kappa shape index (κ1) is 16.4. The molecule has 0 aliphatic rings. The molecule has 0 fully saturated rings. The lowest BCUT2D eigenvalue weighted by Crippen LogP contribution is -2.40. The molecule has 1 rings (SSSR count). The van der Waals surface area contributed by atoms with E-state index in [2.05, 4.69) is 9.72 Å². The molecular weight excluding hydrogens is 297 g/mol. The van der Waals surface area contributed by atoms with Crippen molar-refractivity contribution in [1.82, 2.24) is 9.88 Å². The van der Waals surface area contributed by atoms with E-state index >= 15 is 0 Å². The van der Waals surface area contributed by atoms with E-state index in [4.69, 9.17) is 0 Å². The van der Waals surface area contributed by atoms with Gasteiger partial charge in [0.15, 0.2) is 0 Å². The normalized spacial score (nSPS) is 11.2. The number of thiazole rings is 1. The van der Waals surface area contributed by atoms with Crippen LogP contribution >= 0.6 is 11.3 Å². The number of nitrogens with zero attached hydrogens (tertiary/aromatic N) is 2. The molecule has 0 aliphatic carbocycles. The quantitative estimate of drug-likeness (QED) is 0.781. The van der Waals surface area contributed by atoms with Gasteiger partial charge in [0.1, 0.15) is 12.2 Å². The van der Waals surface area contributed by atoms with Gasteiger partial charge in [-0.15, -0.1) is 11.3 Å². The molecular formula is C11H13F3N2O3S. The molecule has 5 nitrogen and oxygen atoms in total. The first-order chi connectivity index (χ1) is 9.23. The summed E-state index contributed by atoms with van der Waals surface area (Å²) < 4.78 is 41.7. The molecule has 20 heavy (non-hydrogen) atoms. The summed E-state index contributed by atoms with van der Waals surface area (Å²) in [5.74, 6) is -1.53. The van der Waals surface area contributed by atoms with Gasteiger partial charge in [-0.2, -0.15) is 13.2 Å². The van der Waals surface area contributed by atoms with Crippen LogP contribution in [0.25, 0.3) is 0 Å². The molecule has 1 aromatic rings. The lowest BCUT2D eigenvalue weighted by Gasteiger charge is -2.22. The number of hydrogen-bond donors (Lipinski definition) is 0. The highest BCUT2D eigenvalue weighted by molar-refractivity contribution is 7.09. The summed E-state index contributed by atoms with van der Waals surface area (Å²) in [5, 5.41) is 1.97. The fourth-order valence-electron chi connectivity index (χ4n) is 1.42. The summed E-state index contributed by atoms with van der Waals surface area (Å²) in [6, 6.07) is 0. The highest BCUT2D eigenvalue weighted by atomic mass is 32.1. The van der Waals surface area contributed by atoms with Gasteiger partial charge >= 0.3 is 12.1 Å². The minimum absolute atomic E-state index is 0.0541. The number of esters is 1. The zero-order chi connectivity index (χ0) is 15.3. The Morgan fingerprint density at radius 2 is 2.10 bits per heavy atom. The van der Waals surface area contributed by atoms with Crippen LogP contribution < -0.4 is 0 Å². The maximum atomic E-state index is 12.5. The van der Waals surface area contributed by atoms with Crippen molar-refractivity contribution in [2.45, 2.75) is 19.5 Å². The van der Waals surface area contributed by atoms with Crippen molar-refractivity contribution in [2.75, 3.05) is 20.2 Å². The molecule has 1 aromatic heterocycles. The summed E-state index contributed by atoms with van der Waals surface area (Å²) in [6.07, 6.45) is -4.85. The second-order valence-corrected chi connectivity index (χ2v) is 4.98. The Kier molecular flexibility index (Phi) is 5.49. The third-order valence-electron chi connectivity index (χ3n) is 2.31. The van der Waals surface area contributed by atoms with Crippen LogP contribution in [0.3, 0.4) is 0 Å². The molecule has 0 radical (unpaired) electrons. The Morgan fingerprint density at radius 1 is 1.45 bits per heavy atom. The zero-order valence-corrected chi connectivity index (χ0v) is 11.7. The highest BCUT2D eigenvalue weighted by Gasteiger charge is 2.34. The molecule has 0 unspecified atom stereocenters. The van der Waals surface area contributed by atoms with Gasteiger partial charge in [0.05, 0.1) is 18.5 Å².